The van der Waals surface area contributed by atoms with Crippen molar-refractivity contribution in [3.05, 3.63) is 0 Å². The number of nitrogens with one attached hydrogen (secondary N) is 3. The summed E-state index contributed by atoms with van der Waals surface area (Å²) in [4.78, 5) is 27.1. The minimum atomic E-state index is -0.843. The van der Waals surface area contributed by atoms with Gasteiger partial charge in [0.25, 0.3) is 5.91 Å². The number of hydrogen-bond acceptors (Lipinski definition) is 4. The average Bonchev–Trinajstić information content (AvgIpc) is 2.37. The molecule has 1 fully saturated rings. The fourth-order valence-corrected chi connectivity index (χ4v) is 2.29. The molecule has 4 N–H and O–H groups in total. The van der Waals surface area contributed by atoms with Gasteiger partial charge in [0, 0.05) is 0 Å². The molecule has 1 saturated carbocycles. The van der Waals surface area contributed by atoms with Crippen LogP contribution in [0.15, 0.2) is 0 Å². The van der Waals surface area contributed by atoms with E-state index < -0.39 is 17.5 Å². The Morgan fingerprint density at radius 1 is 1.32 bits per heavy atom. The van der Waals surface area contributed by atoms with Crippen molar-refractivity contribution in [2.24, 2.45) is 0 Å². The molecule has 1 rings (SSSR count). The molecule has 3 amide bonds. The van der Waals surface area contributed by atoms with E-state index >= 15 is 0 Å². The van der Waals surface area contributed by atoms with E-state index in [0.717, 1.165) is 19.3 Å². The van der Waals surface area contributed by atoms with Gasteiger partial charge in [-0.1, -0.05) is 19.3 Å². The molecular weight excluding hydrogens is 250 g/mol. The predicted octanol–water partition coefficient (Wildman–Crippen LogP) is 0.0469. The van der Waals surface area contributed by atoms with E-state index in [1.54, 1.807) is 6.92 Å². The second kappa shape index (κ2) is 7.30. The third-order valence-electron chi connectivity index (χ3n) is 3.50. The van der Waals surface area contributed by atoms with E-state index in [9.17, 15) is 14.7 Å². The van der Waals surface area contributed by atoms with Crippen LogP contribution < -0.4 is 16.1 Å². The quantitative estimate of drug-likeness (QED) is 0.532. The second-order valence-corrected chi connectivity index (χ2v) is 4.94. The first kappa shape index (κ1) is 15.7. The van der Waals surface area contributed by atoms with Gasteiger partial charge in [0.15, 0.2) is 0 Å². The smallest absolute Gasteiger partial charge is 0.315 e. The summed E-state index contributed by atoms with van der Waals surface area (Å²) < 4.78 is 0. The zero-order valence-electron chi connectivity index (χ0n) is 11.5. The molecule has 0 bridgehead atoms. The average molecular weight is 273 g/mol. The summed E-state index contributed by atoms with van der Waals surface area (Å²) in [6.45, 7) is 1.60. The Morgan fingerprint density at radius 2 is 1.95 bits per heavy atom. The first-order chi connectivity index (χ1) is 8.98. The van der Waals surface area contributed by atoms with Gasteiger partial charge in [0.05, 0.1) is 18.8 Å². The second-order valence-electron chi connectivity index (χ2n) is 4.94. The van der Waals surface area contributed by atoms with Crippen molar-refractivity contribution in [1.82, 2.24) is 16.1 Å². The number of rotatable bonds is 5. The van der Waals surface area contributed by atoms with Gasteiger partial charge < -0.3 is 15.7 Å². The summed E-state index contributed by atoms with van der Waals surface area (Å²) in [5.41, 5.74) is 1.25. The molecule has 1 unspecified atom stereocenters. The zero-order valence-corrected chi connectivity index (χ0v) is 11.5. The van der Waals surface area contributed by atoms with E-state index in [0.29, 0.717) is 12.8 Å². The highest BCUT2D eigenvalue weighted by molar-refractivity contribution is 5.83. The summed E-state index contributed by atoms with van der Waals surface area (Å²) in [5.74, 6) is -0.443. The lowest BCUT2D eigenvalue weighted by Gasteiger charge is -2.37. The van der Waals surface area contributed by atoms with Crippen LogP contribution in [0.25, 0.3) is 0 Å². The molecule has 110 valence electrons. The fourth-order valence-electron chi connectivity index (χ4n) is 2.29. The lowest BCUT2D eigenvalue weighted by atomic mass is 9.80. The van der Waals surface area contributed by atoms with E-state index in [1.807, 2.05) is 0 Å². The van der Waals surface area contributed by atoms with Crippen molar-refractivity contribution in [2.75, 3.05) is 13.7 Å². The number of amides is 3. The van der Waals surface area contributed by atoms with E-state index in [-0.39, 0.29) is 12.6 Å². The number of hydroxylamine groups is 1. The van der Waals surface area contributed by atoms with E-state index in [1.165, 1.54) is 7.11 Å². The van der Waals surface area contributed by atoms with Crippen LogP contribution >= 0.6 is 0 Å². The number of carbonyl (C=O) groups excluding carboxylic acids is 2. The third-order valence-corrected chi connectivity index (χ3v) is 3.50. The highest BCUT2D eigenvalue weighted by atomic mass is 16.6. The van der Waals surface area contributed by atoms with Gasteiger partial charge >= 0.3 is 6.03 Å². The van der Waals surface area contributed by atoms with Crippen molar-refractivity contribution in [2.45, 2.75) is 50.7 Å². The minimum Gasteiger partial charge on any atom is -0.388 e. The minimum absolute atomic E-state index is 0.176. The van der Waals surface area contributed by atoms with Crippen LogP contribution in [-0.4, -0.2) is 42.3 Å². The van der Waals surface area contributed by atoms with Crippen molar-refractivity contribution in [1.29, 1.82) is 0 Å². The van der Waals surface area contributed by atoms with Gasteiger partial charge in [0.2, 0.25) is 0 Å². The topological polar surface area (TPSA) is 99.7 Å². The number of urea groups is 1. The molecule has 0 aromatic carbocycles. The number of carbonyl (C=O) groups is 2. The molecule has 0 aliphatic heterocycles. The molecule has 19 heavy (non-hydrogen) atoms. The molecule has 0 aromatic heterocycles. The Kier molecular flexibility index (Phi) is 6.04. The first-order valence-electron chi connectivity index (χ1n) is 6.56. The molecule has 7 nitrogen and oxygen atoms in total. The van der Waals surface area contributed by atoms with E-state index in [4.69, 9.17) is 0 Å². The maximum absolute atomic E-state index is 11.6. The molecule has 1 atom stereocenters. The highest BCUT2D eigenvalue weighted by Gasteiger charge is 2.35. The summed E-state index contributed by atoms with van der Waals surface area (Å²) in [7, 11) is 1.32. The summed E-state index contributed by atoms with van der Waals surface area (Å²) >= 11 is 0. The number of aliphatic hydroxyl groups is 1. The normalized spacial score (nSPS) is 19.3. The Hall–Kier alpha value is -1.34. The van der Waals surface area contributed by atoms with Gasteiger partial charge in [-0.15, -0.1) is 0 Å². The summed E-state index contributed by atoms with van der Waals surface area (Å²) in [5, 5.41) is 15.5. The van der Waals surface area contributed by atoms with Crippen molar-refractivity contribution < 1.29 is 19.5 Å². The van der Waals surface area contributed by atoms with Crippen molar-refractivity contribution in [3.8, 4) is 0 Å². The Morgan fingerprint density at radius 3 is 2.53 bits per heavy atom. The SMILES string of the molecule is CONC(=O)CNC(=O)NC(C)C1(O)CCCCC1. The van der Waals surface area contributed by atoms with Gasteiger partial charge in [-0.2, -0.15) is 0 Å². The zero-order chi connectivity index (χ0) is 14.3. The van der Waals surface area contributed by atoms with E-state index in [2.05, 4.69) is 21.0 Å². The lowest BCUT2D eigenvalue weighted by Crippen LogP contribution is -2.55. The Bertz CT molecular complexity index is 316. The first-order valence-corrected chi connectivity index (χ1v) is 6.56. The molecule has 1 aliphatic carbocycles. The molecule has 7 heteroatoms. The standard InChI is InChI=1S/C12H23N3O4/c1-9(12(18)6-4-3-5-7-12)14-11(17)13-8-10(16)15-19-2/h9,18H,3-8H2,1-2H3,(H,15,16)(H2,13,14,17). The molecule has 0 aromatic rings. The monoisotopic (exact) mass is 273 g/mol. The largest absolute Gasteiger partial charge is 0.388 e. The van der Waals surface area contributed by atoms with Crippen LogP contribution in [0, 0.1) is 0 Å². The Labute approximate surface area is 113 Å². The van der Waals surface area contributed by atoms with Crippen LogP contribution in [0.5, 0.6) is 0 Å². The van der Waals surface area contributed by atoms with Gasteiger partial charge in [-0.05, 0) is 19.8 Å². The number of hydrogen-bond donors (Lipinski definition) is 4. The molecule has 0 saturated heterocycles. The van der Waals surface area contributed by atoms with Crippen LogP contribution in [0.3, 0.4) is 0 Å². The van der Waals surface area contributed by atoms with Crippen molar-refractivity contribution >= 4 is 11.9 Å². The molecule has 0 spiro atoms. The van der Waals surface area contributed by atoms with Crippen LogP contribution in [0.2, 0.25) is 0 Å². The lowest BCUT2D eigenvalue weighted by molar-refractivity contribution is -0.130. The van der Waals surface area contributed by atoms with Crippen molar-refractivity contribution in [3.63, 3.8) is 0 Å². The van der Waals surface area contributed by atoms with Gasteiger partial charge in [-0.25, -0.2) is 10.3 Å². The fraction of sp³-hybridized carbons (Fsp3) is 0.833. The van der Waals surface area contributed by atoms with Crippen LogP contribution in [0.1, 0.15) is 39.0 Å². The maximum Gasteiger partial charge on any atom is 0.315 e. The van der Waals surface area contributed by atoms with Gasteiger partial charge in [0.1, 0.15) is 6.54 Å². The van der Waals surface area contributed by atoms with Crippen LogP contribution in [0.4, 0.5) is 4.79 Å². The molecule has 0 heterocycles. The predicted molar refractivity (Wildman–Crippen MR) is 69.2 cm³/mol. The molecule has 1 aliphatic rings. The molecule has 0 radical (unpaired) electrons. The maximum atomic E-state index is 11.6. The molecular formula is C12H23N3O4. The summed E-state index contributed by atoms with van der Waals surface area (Å²) in [6.07, 6.45) is 4.45. The third kappa shape index (κ3) is 5.04. The van der Waals surface area contributed by atoms with Gasteiger partial charge in [-0.3, -0.25) is 9.63 Å². The Balaban J connectivity index is 2.32. The van der Waals surface area contributed by atoms with Crippen LogP contribution in [-0.2, 0) is 9.63 Å². The summed E-state index contributed by atoms with van der Waals surface area (Å²) in [6, 6.07) is -0.823. The highest BCUT2D eigenvalue weighted by Crippen LogP contribution is 2.30.